The van der Waals surface area contributed by atoms with Gasteiger partial charge in [0.05, 0.1) is 24.3 Å². The molecule has 0 heterocycles. The third kappa shape index (κ3) is 3.61. The first-order chi connectivity index (χ1) is 8.79. The normalized spacial score (nSPS) is 12.4. The lowest BCUT2D eigenvalue weighted by molar-refractivity contribution is -0.141. The van der Waals surface area contributed by atoms with Gasteiger partial charge in [0.2, 0.25) is 0 Å². The molecule has 0 aliphatic carbocycles. The molecule has 0 aliphatic rings. The van der Waals surface area contributed by atoms with Crippen molar-refractivity contribution in [3.05, 3.63) is 29.3 Å². The Bertz CT molecular complexity index is 521. The molecule has 1 unspecified atom stereocenters. The number of ether oxygens (including phenoxy) is 1. The molecule has 4 nitrogen and oxygen atoms in total. The molecule has 1 rings (SSSR count). The maximum absolute atomic E-state index is 12.6. The second-order valence-corrected chi connectivity index (χ2v) is 3.76. The molecule has 1 aromatic carbocycles. The van der Waals surface area contributed by atoms with Gasteiger partial charge in [0.1, 0.15) is 6.04 Å². The van der Waals surface area contributed by atoms with E-state index < -0.39 is 29.3 Å². The standard InChI is InChI=1S/C12H11F3N2O2/c1-7(11(18)19-2)17-9-3-4-10(12(13,14)15)8(5-9)6-16/h3-5,7,17H,1-2H3. The Balaban J connectivity index is 3.02. The van der Waals surface area contributed by atoms with Gasteiger partial charge in [-0.2, -0.15) is 18.4 Å². The van der Waals surface area contributed by atoms with Crippen LogP contribution in [0.25, 0.3) is 0 Å². The Kier molecular flexibility index (Phi) is 4.38. The van der Waals surface area contributed by atoms with Crippen LogP contribution >= 0.6 is 0 Å². The number of nitrogens with zero attached hydrogens (tertiary/aromatic N) is 1. The fourth-order valence-electron chi connectivity index (χ4n) is 1.46. The number of carbonyl (C=O) groups excluding carboxylic acids is 1. The molecule has 0 spiro atoms. The van der Waals surface area contributed by atoms with Crippen molar-refractivity contribution in [3.8, 4) is 6.07 Å². The highest BCUT2D eigenvalue weighted by molar-refractivity contribution is 5.78. The summed E-state index contributed by atoms with van der Waals surface area (Å²) in [6, 6.07) is 3.75. The molecule has 0 radical (unpaired) electrons. The van der Waals surface area contributed by atoms with E-state index in [9.17, 15) is 18.0 Å². The van der Waals surface area contributed by atoms with E-state index >= 15 is 0 Å². The van der Waals surface area contributed by atoms with Crippen LogP contribution in [-0.2, 0) is 15.7 Å². The highest BCUT2D eigenvalue weighted by Crippen LogP contribution is 2.33. The molecule has 0 saturated carbocycles. The smallest absolute Gasteiger partial charge is 0.417 e. The molecule has 0 saturated heterocycles. The van der Waals surface area contributed by atoms with Gasteiger partial charge in [-0.25, -0.2) is 4.79 Å². The number of carbonyl (C=O) groups is 1. The lowest BCUT2D eigenvalue weighted by Gasteiger charge is -2.15. The molecule has 1 N–H and O–H groups in total. The molecule has 1 aromatic rings. The third-order valence-electron chi connectivity index (χ3n) is 2.38. The number of alkyl halides is 3. The number of methoxy groups -OCH3 is 1. The first kappa shape index (κ1) is 14.8. The number of anilines is 1. The number of nitrogens with one attached hydrogen (secondary N) is 1. The van der Waals surface area contributed by atoms with Crippen molar-refractivity contribution < 1.29 is 22.7 Å². The summed E-state index contributed by atoms with van der Waals surface area (Å²) in [5, 5.41) is 11.4. The lowest BCUT2D eigenvalue weighted by atomic mass is 10.1. The van der Waals surface area contributed by atoms with Gasteiger partial charge in [-0.15, -0.1) is 0 Å². The van der Waals surface area contributed by atoms with Crippen molar-refractivity contribution in [1.29, 1.82) is 5.26 Å². The number of esters is 1. The minimum absolute atomic E-state index is 0.238. The van der Waals surface area contributed by atoms with Crippen LogP contribution in [0.1, 0.15) is 18.1 Å². The van der Waals surface area contributed by atoms with E-state index in [0.717, 1.165) is 18.2 Å². The van der Waals surface area contributed by atoms with Crippen LogP contribution in [0.4, 0.5) is 18.9 Å². The van der Waals surface area contributed by atoms with Crippen molar-refractivity contribution in [3.63, 3.8) is 0 Å². The predicted molar refractivity (Wildman–Crippen MR) is 61.3 cm³/mol. The molecule has 102 valence electrons. The average molecular weight is 272 g/mol. The van der Waals surface area contributed by atoms with Gasteiger partial charge >= 0.3 is 12.1 Å². The van der Waals surface area contributed by atoms with Crippen LogP contribution in [0.3, 0.4) is 0 Å². The van der Waals surface area contributed by atoms with Crippen molar-refractivity contribution in [2.45, 2.75) is 19.1 Å². The SMILES string of the molecule is COC(=O)C(C)Nc1ccc(C(F)(F)F)c(C#N)c1. The fraction of sp³-hybridized carbons (Fsp3) is 0.333. The Morgan fingerprint density at radius 3 is 2.58 bits per heavy atom. The Hall–Kier alpha value is -2.23. The van der Waals surface area contributed by atoms with Gasteiger partial charge in [-0.1, -0.05) is 0 Å². The number of halogens is 3. The summed E-state index contributed by atoms with van der Waals surface area (Å²) in [4.78, 5) is 11.2. The van der Waals surface area contributed by atoms with Gasteiger partial charge in [0, 0.05) is 5.69 Å². The molecule has 7 heteroatoms. The van der Waals surface area contributed by atoms with E-state index in [2.05, 4.69) is 10.1 Å². The van der Waals surface area contributed by atoms with Gasteiger partial charge in [0.15, 0.2) is 0 Å². The minimum atomic E-state index is -4.59. The summed E-state index contributed by atoms with van der Waals surface area (Å²) in [7, 11) is 1.20. The van der Waals surface area contributed by atoms with E-state index in [1.807, 2.05) is 0 Å². The maximum atomic E-state index is 12.6. The highest BCUT2D eigenvalue weighted by Gasteiger charge is 2.33. The molecular formula is C12H11F3N2O2. The second-order valence-electron chi connectivity index (χ2n) is 3.76. The molecule has 0 fully saturated rings. The van der Waals surface area contributed by atoms with Crippen molar-refractivity contribution >= 4 is 11.7 Å². The van der Waals surface area contributed by atoms with Crippen LogP contribution in [-0.4, -0.2) is 19.1 Å². The molecule has 1 atom stereocenters. The quantitative estimate of drug-likeness (QED) is 0.859. The Labute approximate surface area is 107 Å². The lowest BCUT2D eigenvalue weighted by Crippen LogP contribution is -2.27. The number of benzene rings is 1. The summed E-state index contributed by atoms with van der Waals surface area (Å²) in [6.07, 6.45) is -4.59. The molecule has 0 aromatic heterocycles. The molecule has 0 bridgehead atoms. The average Bonchev–Trinajstić information content (AvgIpc) is 2.36. The third-order valence-corrected chi connectivity index (χ3v) is 2.38. The maximum Gasteiger partial charge on any atom is 0.417 e. The molecular weight excluding hydrogens is 261 g/mol. The number of nitriles is 1. The van der Waals surface area contributed by atoms with Crippen LogP contribution in [0.2, 0.25) is 0 Å². The first-order valence-electron chi connectivity index (χ1n) is 5.25. The monoisotopic (exact) mass is 272 g/mol. The van der Waals surface area contributed by atoms with Gasteiger partial charge in [-0.05, 0) is 25.1 Å². The Morgan fingerprint density at radius 1 is 1.47 bits per heavy atom. The second kappa shape index (κ2) is 5.61. The molecule has 0 aliphatic heterocycles. The highest BCUT2D eigenvalue weighted by atomic mass is 19.4. The summed E-state index contributed by atoms with van der Waals surface area (Å²) in [5.41, 5.74) is -1.27. The van der Waals surface area contributed by atoms with Crippen LogP contribution in [0.5, 0.6) is 0 Å². The summed E-state index contributed by atoms with van der Waals surface area (Å²) in [5.74, 6) is -0.557. The van der Waals surface area contributed by atoms with E-state index in [4.69, 9.17) is 5.26 Å². The van der Waals surface area contributed by atoms with E-state index in [1.165, 1.54) is 20.1 Å². The van der Waals surface area contributed by atoms with E-state index in [1.54, 1.807) is 0 Å². The molecule has 19 heavy (non-hydrogen) atoms. The van der Waals surface area contributed by atoms with E-state index in [0.29, 0.717) is 0 Å². The number of rotatable bonds is 3. The van der Waals surface area contributed by atoms with Crippen molar-refractivity contribution in [1.82, 2.24) is 0 Å². The zero-order valence-electron chi connectivity index (χ0n) is 10.2. The van der Waals surface area contributed by atoms with Crippen molar-refractivity contribution in [2.75, 3.05) is 12.4 Å². The largest absolute Gasteiger partial charge is 0.467 e. The van der Waals surface area contributed by atoms with Crippen LogP contribution < -0.4 is 5.32 Å². The summed E-state index contributed by atoms with van der Waals surface area (Å²) >= 11 is 0. The minimum Gasteiger partial charge on any atom is -0.467 e. The summed E-state index contributed by atoms with van der Waals surface area (Å²) < 4.78 is 42.2. The number of hydrogen-bond donors (Lipinski definition) is 1. The van der Waals surface area contributed by atoms with Gasteiger partial charge in [-0.3, -0.25) is 0 Å². The predicted octanol–water partition coefficient (Wildman–Crippen LogP) is 2.55. The zero-order valence-corrected chi connectivity index (χ0v) is 10.2. The van der Waals surface area contributed by atoms with Gasteiger partial charge < -0.3 is 10.1 Å². The summed E-state index contributed by atoms with van der Waals surface area (Å²) in [6.45, 7) is 1.50. The fourth-order valence-corrected chi connectivity index (χ4v) is 1.46. The van der Waals surface area contributed by atoms with Crippen molar-refractivity contribution in [2.24, 2.45) is 0 Å². The number of hydrogen-bond acceptors (Lipinski definition) is 4. The van der Waals surface area contributed by atoms with Crippen LogP contribution in [0.15, 0.2) is 18.2 Å². The first-order valence-corrected chi connectivity index (χ1v) is 5.25. The topological polar surface area (TPSA) is 62.1 Å². The Morgan fingerprint density at radius 2 is 2.11 bits per heavy atom. The molecule has 0 amide bonds. The van der Waals surface area contributed by atoms with Crippen LogP contribution in [0, 0.1) is 11.3 Å². The van der Waals surface area contributed by atoms with Gasteiger partial charge in [0.25, 0.3) is 0 Å². The van der Waals surface area contributed by atoms with E-state index in [-0.39, 0.29) is 5.69 Å². The zero-order chi connectivity index (χ0) is 14.6.